The molecule has 0 radical (unpaired) electrons. The fourth-order valence-electron chi connectivity index (χ4n) is 2.39. The molecule has 0 aromatic heterocycles. The molecule has 134 valence electrons. The lowest BCUT2D eigenvalue weighted by Gasteiger charge is -2.15. The highest BCUT2D eigenvalue weighted by Gasteiger charge is 2.12. The number of halogens is 1. The van der Waals surface area contributed by atoms with Gasteiger partial charge in [-0.15, -0.1) is 0 Å². The quantitative estimate of drug-likeness (QED) is 0.322. The Morgan fingerprint density at radius 2 is 1.80 bits per heavy atom. The maximum absolute atomic E-state index is 8.66. The first-order chi connectivity index (χ1) is 12.0. The van der Waals surface area contributed by atoms with Gasteiger partial charge in [0.05, 0.1) is 17.8 Å². The molecule has 0 amide bonds. The van der Waals surface area contributed by atoms with E-state index < -0.39 is 0 Å². The minimum absolute atomic E-state index is 0.320. The molecule has 0 atom stereocenters. The highest BCUT2D eigenvalue weighted by atomic mass is 35.5. The molecule has 5 nitrogen and oxygen atoms in total. The molecule has 0 aliphatic carbocycles. The fourth-order valence-corrected chi connectivity index (χ4v) is 2.66. The molecule has 6 heteroatoms. The number of rotatable bonds is 8. The van der Waals surface area contributed by atoms with Gasteiger partial charge >= 0.3 is 0 Å². The lowest BCUT2D eigenvalue weighted by Crippen LogP contribution is -2.11. The Balaban J connectivity index is 2.01. The van der Waals surface area contributed by atoms with Gasteiger partial charge in [0.15, 0.2) is 11.5 Å². The van der Waals surface area contributed by atoms with Crippen LogP contribution in [0.5, 0.6) is 17.2 Å². The predicted molar refractivity (Wildman–Crippen MR) is 98.9 cm³/mol. The Kier molecular flexibility index (Phi) is 6.95. The molecule has 0 unspecified atom stereocenters. The van der Waals surface area contributed by atoms with Gasteiger partial charge in [0, 0.05) is 5.56 Å². The molecule has 0 saturated heterocycles. The Morgan fingerprint density at radius 3 is 2.48 bits per heavy atom. The summed E-state index contributed by atoms with van der Waals surface area (Å²) >= 11 is 6.26. The summed E-state index contributed by atoms with van der Waals surface area (Å²) in [6.07, 6.45) is 1.28. The summed E-state index contributed by atoms with van der Waals surface area (Å²) in [5.41, 5.74) is 2.90. The Bertz CT molecular complexity index is 746. The van der Waals surface area contributed by atoms with Crippen LogP contribution in [0.2, 0.25) is 5.02 Å². The van der Waals surface area contributed by atoms with Crippen LogP contribution in [0.25, 0.3) is 0 Å². The summed E-state index contributed by atoms with van der Waals surface area (Å²) in [5, 5.41) is 12.0. The van der Waals surface area contributed by atoms with Crippen LogP contribution >= 0.6 is 11.6 Å². The second-order valence-corrected chi connectivity index (χ2v) is 5.88. The monoisotopic (exact) mass is 363 g/mol. The first kappa shape index (κ1) is 18.9. The van der Waals surface area contributed by atoms with Crippen molar-refractivity contribution < 1.29 is 19.4 Å². The number of aryl methyl sites for hydroxylation is 2. The van der Waals surface area contributed by atoms with Gasteiger partial charge < -0.3 is 19.4 Å². The van der Waals surface area contributed by atoms with Gasteiger partial charge in [0.1, 0.15) is 19.0 Å². The maximum Gasteiger partial charge on any atom is 0.179 e. The zero-order valence-corrected chi connectivity index (χ0v) is 15.3. The topological polar surface area (TPSA) is 60.3 Å². The molecule has 0 spiro atoms. The second-order valence-electron chi connectivity index (χ2n) is 5.47. The van der Waals surface area contributed by atoms with Crippen LogP contribution < -0.4 is 14.2 Å². The van der Waals surface area contributed by atoms with E-state index in [1.165, 1.54) is 11.8 Å². The van der Waals surface area contributed by atoms with Gasteiger partial charge in [0.2, 0.25) is 0 Å². The molecule has 0 aliphatic heterocycles. The van der Waals surface area contributed by atoms with Crippen molar-refractivity contribution in [3.8, 4) is 17.2 Å². The third-order valence-corrected chi connectivity index (χ3v) is 3.74. The summed E-state index contributed by atoms with van der Waals surface area (Å²) in [5.74, 6) is 1.78. The van der Waals surface area contributed by atoms with Crippen molar-refractivity contribution in [3.05, 3.63) is 52.0 Å². The molecule has 2 rings (SSSR count). The highest BCUT2D eigenvalue weighted by molar-refractivity contribution is 6.32. The average molecular weight is 364 g/mol. The standard InChI is InChI=1S/C19H22ClNO4/c1-4-23-18-11-15(12-21-22)10-16(20)19(18)25-8-7-24-17-6-5-13(2)9-14(17)3/h5-6,9-12,22H,4,7-8H2,1-3H3. The minimum Gasteiger partial charge on any atom is -0.490 e. The molecule has 1 N–H and O–H groups in total. The highest BCUT2D eigenvalue weighted by Crippen LogP contribution is 2.36. The third-order valence-electron chi connectivity index (χ3n) is 3.46. The molecular weight excluding hydrogens is 342 g/mol. The van der Waals surface area contributed by atoms with Crippen molar-refractivity contribution in [2.24, 2.45) is 5.16 Å². The van der Waals surface area contributed by atoms with Gasteiger partial charge in [0.25, 0.3) is 0 Å². The van der Waals surface area contributed by atoms with Crippen LogP contribution in [-0.4, -0.2) is 31.2 Å². The van der Waals surface area contributed by atoms with Crippen molar-refractivity contribution in [1.82, 2.24) is 0 Å². The first-order valence-electron chi connectivity index (χ1n) is 8.01. The lowest BCUT2D eigenvalue weighted by molar-refractivity contribution is 0.208. The van der Waals surface area contributed by atoms with E-state index in [1.54, 1.807) is 12.1 Å². The molecule has 2 aromatic rings. The van der Waals surface area contributed by atoms with Crippen LogP contribution in [0.15, 0.2) is 35.5 Å². The predicted octanol–water partition coefficient (Wildman–Crippen LogP) is 4.62. The van der Waals surface area contributed by atoms with E-state index >= 15 is 0 Å². The van der Waals surface area contributed by atoms with Gasteiger partial charge in [-0.3, -0.25) is 0 Å². The zero-order chi connectivity index (χ0) is 18.2. The second kappa shape index (κ2) is 9.18. The molecule has 0 saturated carbocycles. The van der Waals surface area contributed by atoms with Crippen LogP contribution in [-0.2, 0) is 0 Å². The Labute approximate surface area is 152 Å². The fraction of sp³-hybridized carbons (Fsp3) is 0.316. The number of ether oxygens (including phenoxy) is 3. The molecule has 0 aliphatic rings. The Morgan fingerprint density at radius 1 is 1.04 bits per heavy atom. The van der Waals surface area contributed by atoms with E-state index in [0.717, 1.165) is 11.3 Å². The van der Waals surface area contributed by atoms with Crippen LogP contribution in [0.1, 0.15) is 23.6 Å². The summed E-state index contributed by atoms with van der Waals surface area (Å²) in [7, 11) is 0. The molecule has 25 heavy (non-hydrogen) atoms. The van der Waals surface area contributed by atoms with Crippen molar-refractivity contribution >= 4 is 17.8 Å². The number of hydrogen-bond donors (Lipinski definition) is 1. The van der Waals surface area contributed by atoms with Gasteiger partial charge in [-0.2, -0.15) is 0 Å². The number of benzene rings is 2. The summed E-state index contributed by atoms with van der Waals surface area (Å²) in [6, 6.07) is 9.38. The third kappa shape index (κ3) is 5.29. The van der Waals surface area contributed by atoms with E-state index in [1.807, 2.05) is 32.9 Å². The summed E-state index contributed by atoms with van der Waals surface area (Å²) < 4.78 is 17.1. The first-order valence-corrected chi connectivity index (χ1v) is 8.39. The summed E-state index contributed by atoms with van der Waals surface area (Å²) in [4.78, 5) is 0. The van der Waals surface area contributed by atoms with E-state index in [4.69, 9.17) is 31.0 Å². The van der Waals surface area contributed by atoms with E-state index in [0.29, 0.717) is 41.9 Å². The number of oxime groups is 1. The van der Waals surface area contributed by atoms with E-state index in [2.05, 4.69) is 11.2 Å². The van der Waals surface area contributed by atoms with Gasteiger partial charge in [-0.25, -0.2) is 0 Å². The largest absolute Gasteiger partial charge is 0.490 e. The Hall–Kier alpha value is -2.40. The van der Waals surface area contributed by atoms with Crippen molar-refractivity contribution in [2.45, 2.75) is 20.8 Å². The van der Waals surface area contributed by atoms with Crippen LogP contribution in [0.4, 0.5) is 0 Å². The van der Waals surface area contributed by atoms with Gasteiger partial charge in [-0.05, 0) is 44.5 Å². The minimum atomic E-state index is 0.320. The van der Waals surface area contributed by atoms with Crippen molar-refractivity contribution in [2.75, 3.05) is 19.8 Å². The van der Waals surface area contributed by atoms with E-state index in [-0.39, 0.29) is 0 Å². The normalized spacial score (nSPS) is 10.9. The van der Waals surface area contributed by atoms with Crippen LogP contribution in [0.3, 0.4) is 0 Å². The smallest absolute Gasteiger partial charge is 0.179 e. The molecule has 0 fully saturated rings. The number of nitrogens with zero attached hydrogens (tertiary/aromatic N) is 1. The molecular formula is C19H22ClNO4. The summed E-state index contributed by atoms with van der Waals surface area (Å²) in [6.45, 7) is 7.09. The van der Waals surface area contributed by atoms with Crippen molar-refractivity contribution in [1.29, 1.82) is 0 Å². The average Bonchev–Trinajstić information content (AvgIpc) is 2.55. The van der Waals surface area contributed by atoms with Crippen LogP contribution in [0, 0.1) is 13.8 Å². The SMILES string of the molecule is CCOc1cc(C=NO)cc(Cl)c1OCCOc1ccc(C)cc1C. The lowest BCUT2D eigenvalue weighted by atomic mass is 10.1. The van der Waals surface area contributed by atoms with Crippen molar-refractivity contribution in [3.63, 3.8) is 0 Å². The van der Waals surface area contributed by atoms with E-state index in [9.17, 15) is 0 Å². The molecule has 0 heterocycles. The zero-order valence-electron chi connectivity index (χ0n) is 14.6. The molecule has 2 aromatic carbocycles. The van der Waals surface area contributed by atoms with Gasteiger partial charge in [-0.1, -0.05) is 34.5 Å². The maximum atomic E-state index is 8.66. The number of hydrogen-bond acceptors (Lipinski definition) is 5. The molecule has 0 bridgehead atoms.